The Hall–Kier alpha value is -1.20. The van der Waals surface area contributed by atoms with Gasteiger partial charge >= 0.3 is 5.97 Å². The second-order valence-electron chi connectivity index (χ2n) is 3.00. The molecule has 0 amide bonds. The first kappa shape index (κ1) is 10.3. The number of carboxylic acid groups (broad SMARTS) is 1. The molecule has 5 heteroatoms. The lowest BCUT2D eigenvalue weighted by Gasteiger charge is -1.97. The topological polar surface area (TPSA) is 50.2 Å². The van der Waals surface area contributed by atoms with Crippen molar-refractivity contribution in [1.29, 1.82) is 0 Å². The molecular weight excluding hydrogens is 230 g/mol. The fraction of sp³-hybridized carbons (Fsp3) is 0.200. The fourth-order valence-corrected chi connectivity index (χ4v) is 3.02. The van der Waals surface area contributed by atoms with Crippen LogP contribution in [-0.4, -0.2) is 16.1 Å². The first-order chi connectivity index (χ1) is 7.27. The maximum absolute atomic E-state index is 10.5. The summed E-state index contributed by atoms with van der Waals surface area (Å²) in [6, 6.07) is 4.02. The molecule has 2 aromatic rings. The number of carbonyl (C=O) groups is 1. The van der Waals surface area contributed by atoms with Crippen LogP contribution in [0.15, 0.2) is 23.0 Å². The van der Waals surface area contributed by atoms with Gasteiger partial charge in [0, 0.05) is 11.3 Å². The molecule has 0 fully saturated rings. The van der Waals surface area contributed by atoms with Crippen molar-refractivity contribution < 1.29 is 9.90 Å². The highest BCUT2D eigenvalue weighted by molar-refractivity contribution is 7.20. The van der Waals surface area contributed by atoms with E-state index in [0.29, 0.717) is 6.42 Å². The molecule has 0 spiro atoms. The van der Waals surface area contributed by atoms with Gasteiger partial charge in [-0.3, -0.25) is 4.79 Å². The molecule has 0 radical (unpaired) electrons. The minimum atomic E-state index is -0.778. The molecule has 0 aliphatic rings. The molecule has 2 heterocycles. The van der Waals surface area contributed by atoms with Gasteiger partial charge in [-0.15, -0.1) is 22.7 Å². The molecule has 0 saturated carbocycles. The minimum absolute atomic E-state index is 0.141. The van der Waals surface area contributed by atoms with Crippen LogP contribution in [0.1, 0.15) is 12.1 Å². The third-order valence-corrected chi connectivity index (χ3v) is 3.88. The van der Waals surface area contributed by atoms with Gasteiger partial charge in [-0.1, -0.05) is 6.07 Å². The molecule has 0 aromatic carbocycles. The van der Waals surface area contributed by atoms with Crippen LogP contribution in [0, 0.1) is 0 Å². The van der Waals surface area contributed by atoms with Gasteiger partial charge in [0.25, 0.3) is 0 Å². The molecular formula is C10H9NO2S2. The Kier molecular flexibility index (Phi) is 3.13. The number of aliphatic carboxylic acids is 1. The van der Waals surface area contributed by atoms with E-state index in [1.807, 2.05) is 17.5 Å². The molecule has 0 atom stereocenters. The van der Waals surface area contributed by atoms with E-state index < -0.39 is 5.97 Å². The number of carboxylic acids is 1. The van der Waals surface area contributed by atoms with Crippen molar-refractivity contribution in [1.82, 2.24) is 4.98 Å². The molecule has 2 aromatic heterocycles. The summed E-state index contributed by atoms with van der Waals surface area (Å²) < 4.78 is 0. The lowest BCUT2D eigenvalue weighted by molar-refractivity contribution is -0.136. The van der Waals surface area contributed by atoms with E-state index in [-0.39, 0.29) is 6.42 Å². The van der Waals surface area contributed by atoms with Crippen LogP contribution >= 0.6 is 22.7 Å². The average Bonchev–Trinajstić information content (AvgIpc) is 2.85. The van der Waals surface area contributed by atoms with Gasteiger partial charge in [0.05, 0.1) is 22.5 Å². The minimum Gasteiger partial charge on any atom is -0.481 e. The summed E-state index contributed by atoms with van der Waals surface area (Å²) >= 11 is 3.22. The molecule has 0 aliphatic heterocycles. The van der Waals surface area contributed by atoms with E-state index in [4.69, 9.17) is 5.11 Å². The summed E-state index contributed by atoms with van der Waals surface area (Å²) in [7, 11) is 0. The summed E-state index contributed by atoms with van der Waals surface area (Å²) in [5.41, 5.74) is 2.66. The Morgan fingerprint density at radius 3 is 3.00 bits per heavy atom. The smallest absolute Gasteiger partial charge is 0.303 e. The van der Waals surface area contributed by atoms with E-state index in [0.717, 1.165) is 15.4 Å². The maximum atomic E-state index is 10.5. The standard InChI is InChI=1S/C10H9NO2S2/c12-9(13)4-3-7-10(15-6-11-7)8-2-1-5-14-8/h1-2,5-6H,3-4H2,(H,12,13). The first-order valence-corrected chi connectivity index (χ1v) is 6.21. The maximum Gasteiger partial charge on any atom is 0.303 e. The van der Waals surface area contributed by atoms with Crippen molar-refractivity contribution in [3.8, 4) is 9.75 Å². The van der Waals surface area contributed by atoms with E-state index in [9.17, 15) is 4.79 Å². The van der Waals surface area contributed by atoms with Gasteiger partial charge in [-0.25, -0.2) is 4.98 Å². The van der Waals surface area contributed by atoms with Crippen molar-refractivity contribution in [2.45, 2.75) is 12.8 Å². The van der Waals surface area contributed by atoms with Crippen LogP contribution in [0.25, 0.3) is 9.75 Å². The number of aryl methyl sites for hydroxylation is 1. The first-order valence-electron chi connectivity index (χ1n) is 4.45. The molecule has 1 N–H and O–H groups in total. The molecule has 2 rings (SSSR count). The fourth-order valence-electron chi connectivity index (χ4n) is 1.28. The van der Waals surface area contributed by atoms with Crippen molar-refractivity contribution in [2.75, 3.05) is 0 Å². The quantitative estimate of drug-likeness (QED) is 0.892. The monoisotopic (exact) mass is 239 g/mol. The Morgan fingerprint density at radius 1 is 1.47 bits per heavy atom. The number of rotatable bonds is 4. The number of hydrogen-bond donors (Lipinski definition) is 1. The molecule has 15 heavy (non-hydrogen) atoms. The number of nitrogens with zero attached hydrogens (tertiary/aromatic N) is 1. The van der Waals surface area contributed by atoms with Crippen LogP contribution < -0.4 is 0 Å². The molecule has 3 nitrogen and oxygen atoms in total. The van der Waals surface area contributed by atoms with Crippen LogP contribution in [0.2, 0.25) is 0 Å². The molecule has 0 bridgehead atoms. The highest BCUT2D eigenvalue weighted by Gasteiger charge is 2.10. The van der Waals surface area contributed by atoms with Crippen LogP contribution in [0.5, 0.6) is 0 Å². The average molecular weight is 239 g/mol. The van der Waals surface area contributed by atoms with Gasteiger partial charge in [0.2, 0.25) is 0 Å². The van der Waals surface area contributed by atoms with Crippen molar-refractivity contribution in [2.24, 2.45) is 0 Å². The Morgan fingerprint density at radius 2 is 2.33 bits per heavy atom. The Bertz CT molecular complexity index is 448. The Labute approximate surface area is 95.0 Å². The van der Waals surface area contributed by atoms with E-state index in [1.165, 1.54) is 0 Å². The molecule has 78 valence electrons. The second kappa shape index (κ2) is 4.55. The van der Waals surface area contributed by atoms with Crippen molar-refractivity contribution in [3.63, 3.8) is 0 Å². The number of aromatic nitrogens is 1. The largest absolute Gasteiger partial charge is 0.481 e. The normalized spacial score (nSPS) is 10.4. The summed E-state index contributed by atoms with van der Waals surface area (Å²) in [4.78, 5) is 16.9. The summed E-state index contributed by atoms with van der Waals surface area (Å²) in [6.07, 6.45) is 0.647. The van der Waals surface area contributed by atoms with Crippen LogP contribution in [0.3, 0.4) is 0 Å². The second-order valence-corrected chi connectivity index (χ2v) is 4.80. The zero-order valence-electron chi connectivity index (χ0n) is 7.84. The molecule has 0 aliphatic carbocycles. The number of thiophene rings is 1. The van der Waals surface area contributed by atoms with E-state index in [1.54, 1.807) is 28.2 Å². The highest BCUT2D eigenvalue weighted by Crippen LogP contribution is 2.31. The lowest BCUT2D eigenvalue weighted by Crippen LogP contribution is -1.98. The van der Waals surface area contributed by atoms with Gasteiger partial charge in [0.1, 0.15) is 0 Å². The highest BCUT2D eigenvalue weighted by atomic mass is 32.1. The van der Waals surface area contributed by atoms with Crippen LogP contribution in [0.4, 0.5) is 0 Å². The van der Waals surface area contributed by atoms with Gasteiger partial charge in [-0.2, -0.15) is 0 Å². The van der Waals surface area contributed by atoms with Gasteiger partial charge in [-0.05, 0) is 11.4 Å². The number of thiazole rings is 1. The van der Waals surface area contributed by atoms with Gasteiger partial charge in [0.15, 0.2) is 0 Å². The zero-order chi connectivity index (χ0) is 10.7. The van der Waals surface area contributed by atoms with Crippen molar-refractivity contribution >= 4 is 28.6 Å². The van der Waals surface area contributed by atoms with Gasteiger partial charge < -0.3 is 5.11 Å². The molecule has 0 saturated heterocycles. The SMILES string of the molecule is O=C(O)CCc1ncsc1-c1cccs1. The van der Waals surface area contributed by atoms with E-state index >= 15 is 0 Å². The van der Waals surface area contributed by atoms with Crippen LogP contribution in [-0.2, 0) is 11.2 Å². The predicted octanol–water partition coefficient (Wildman–Crippen LogP) is 2.89. The molecule has 0 unspecified atom stereocenters. The Balaban J connectivity index is 2.19. The third-order valence-electron chi connectivity index (χ3n) is 1.96. The summed E-state index contributed by atoms with van der Waals surface area (Å²) in [6.45, 7) is 0. The third kappa shape index (κ3) is 2.43. The number of hydrogen-bond acceptors (Lipinski definition) is 4. The summed E-state index contributed by atoms with van der Waals surface area (Å²) in [5, 5.41) is 10.6. The predicted molar refractivity (Wildman–Crippen MR) is 61.4 cm³/mol. The van der Waals surface area contributed by atoms with Crippen molar-refractivity contribution in [3.05, 3.63) is 28.7 Å². The van der Waals surface area contributed by atoms with E-state index in [2.05, 4.69) is 4.98 Å². The summed E-state index contributed by atoms with van der Waals surface area (Å²) in [5.74, 6) is -0.778. The zero-order valence-corrected chi connectivity index (χ0v) is 9.48. The lowest BCUT2D eigenvalue weighted by atomic mass is 10.2.